The molecule has 0 radical (unpaired) electrons. The van der Waals surface area contributed by atoms with Gasteiger partial charge in [0.25, 0.3) is 0 Å². The van der Waals surface area contributed by atoms with Crippen molar-refractivity contribution < 1.29 is 13.9 Å². The van der Waals surface area contributed by atoms with Crippen LogP contribution in [0.1, 0.15) is 11.7 Å². The Morgan fingerprint density at radius 3 is 2.21 bits per heavy atom. The summed E-state index contributed by atoms with van der Waals surface area (Å²) in [5.41, 5.74) is -0.271. The first-order chi connectivity index (χ1) is 9.08. The predicted molar refractivity (Wildman–Crippen MR) is 76.2 cm³/mol. The number of benzene rings is 2. The van der Waals surface area contributed by atoms with Crippen LogP contribution in [-0.4, -0.2) is 10.9 Å². The van der Waals surface area contributed by atoms with Crippen LogP contribution in [-0.2, 0) is 0 Å². The van der Waals surface area contributed by atoms with Crippen LogP contribution in [0.4, 0.5) is 8.78 Å². The van der Waals surface area contributed by atoms with Crippen molar-refractivity contribution in [3.63, 3.8) is 0 Å². The maximum absolute atomic E-state index is 13.5. The lowest BCUT2D eigenvalue weighted by Crippen LogP contribution is -2.06. The van der Waals surface area contributed by atoms with E-state index in [-0.39, 0.29) is 11.3 Å². The van der Waals surface area contributed by atoms with Crippen molar-refractivity contribution in [2.45, 2.75) is 11.0 Å². The van der Waals surface area contributed by atoms with E-state index < -0.39 is 17.7 Å². The van der Waals surface area contributed by atoms with E-state index in [4.69, 9.17) is 0 Å². The highest BCUT2D eigenvalue weighted by atomic mass is 79.9. The lowest BCUT2D eigenvalue weighted by atomic mass is 10.1. The third kappa shape index (κ3) is 3.78. The van der Waals surface area contributed by atoms with Gasteiger partial charge in [-0.25, -0.2) is 8.78 Å². The average molecular weight is 345 g/mol. The van der Waals surface area contributed by atoms with Crippen molar-refractivity contribution in [1.82, 2.24) is 0 Å². The zero-order valence-electron chi connectivity index (χ0n) is 9.82. The Kier molecular flexibility index (Phi) is 4.96. The van der Waals surface area contributed by atoms with Gasteiger partial charge in [0.2, 0.25) is 0 Å². The molecule has 1 unspecified atom stereocenters. The van der Waals surface area contributed by atoms with Crippen LogP contribution in [0.25, 0.3) is 0 Å². The molecule has 5 heteroatoms. The average Bonchev–Trinajstić information content (AvgIpc) is 2.38. The van der Waals surface area contributed by atoms with E-state index in [0.717, 1.165) is 21.5 Å². The van der Waals surface area contributed by atoms with Gasteiger partial charge in [-0.15, -0.1) is 11.8 Å². The molecule has 100 valence electrons. The van der Waals surface area contributed by atoms with E-state index >= 15 is 0 Å². The number of hydrogen-bond acceptors (Lipinski definition) is 2. The first kappa shape index (κ1) is 14.5. The van der Waals surface area contributed by atoms with E-state index in [1.165, 1.54) is 17.8 Å². The number of rotatable bonds is 4. The molecule has 0 heterocycles. The van der Waals surface area contributed by atoms with Crippen molar-refractivity contribution >= 4 is 27.7 Å². The van der Waals surface area contributed by atoms with Crippen LogP contribution < -0.4 is 0 Å². The molecule has 0 aliphatic heterocycles. The van der Waals surface area contributed by atoms with Crippen molar-refractivity contribution in [3.8, 4) is 0 Å². The fraction of sp³-hybridized carbons (Fsp3) is 0.143. The quantitative estimate of drug-likeness (QED) is 0.821. The van der Waals surface area contributed by atoms with E-state index in [1.807, 2.05) is 24.3 Å². The van der Waals surface area contributed by atoms with Gasteiger partial charge in [-0.3, -0.25) is 0 Å². The van der Waals surface area contributed by atoms with Gasteiger partial charge in [-0.05, 0) is 36.4 Å². The van der Waals surface area contributed by atoms with E-state index in [1.54, 1.807) is 0 Å². The summed E-state index contributed by atoms with van der Waals surface area (Å²) in [7, 11) is 0. The maximum Gasteiger partial charge on any atom is 0.131 e. The molecule has 0 amide bonds. The fourth-order valence-electron chi connectivity index (χ4n) is 1.62. The minimum absolute atomic E-state index is 0.194. The Balaban J connectivity index is 2.05. The minimum Gasteiger partial charge on any atom is -0.387 e. The first-order valence-electron chi connectivity index (χ1n) is 5.58. The SMILES string of the molecule is OC(CSc1ccc(Br)cc1)c1c(F)cccc1F. The summed E-state index contributed by atoms with van der Waals surface area (Å²) in [5.74, 6) is -1.24. The zero-order chi connectivity index (χ0) is 13.8. The molecule has 0 spiro atoms. The van der Waals surface area contributed by atoms with Gasteiger partial charge >= 0.3 is 0 Å². The summed E-state index contributed by atoms with van der Waals surface area (Å²) in [6, 6.07) is 11.1. The van der Waals surface area contributed by atoms with Crippen LogP contribution in [0.2, 0.25) is 0 Å². The number of aliphatic hydroxyl groups is 1. The first-order valence-corrected chi connectivity index (χ1v) is 7.36. The Labute approximate surface area is 122 Å². The molecule has 19 heavy (non-hydrogen) atoms. The molecular weight excluding hydrogens is 334 g/mol. The van der Waals surface area contributed by atoms with Gasteiger partial charge in [-0.2, -0.15) is 0 Å². The van der Waals surface area contributed by atoms with Crippen LogP contribution >= 0.6 is 27.7 Å². The summed E-state index contributed by atoms with van der Waals surface area (Å²) >= 11 is 4.67. The van der Waals surface area contributed by atoms with Crippen LogP contribution in [0.5, 0.6) is 0 Å². The Morgan fingerprint density at radius 1 is 1.05 bits per heavy atom. The molecule has 0 aliphatic carbocycles. The van der Waals surface area contributed by atoms with Gasteiger partial charge in [0.15, 0.2) is 0 Å². The van der Waals surface area contributed by atoms with Crippen LogP contribution in [0, 0.1) is 11.6 Å². The molecule has 2 aromatic carbocycles. The molecule has 0 saturated heterocycles. The summed E-state index contributed by atoms with van der Waals surface area (Å²) < 4.78 is 27.9. The summed E-state index contributed by atoms with van der Waals surface area (Å²) in [6.45, 7) is 0. The number of aliphatic hydroxyl groups excluding tert-OH is 1. The highest BCUT2D eigenvalue weighted by Crippen LogP contribution is 2.28. The van der Waals surface area contributed by atoms with Gasteiger partial charge in [0.1, 0.15) is 11.6 Å². The molecular formula is C14H11BrF2OS. The van der Waals surface area contributed by atoms with Gasteiger partial charge in [0, 0.05) is 15.1 Å². The molecule has 0 aliphatic rings. The normalized spacial score (nSPS) is 12.4. The van der Waals surface area contributed by atoms with Crippen molar-refractivity contribution in [2.75, 3.05) is 5.75 Å². The molecule has 2 rings (SSSR count). The Bertz CT molecular complexity index is 540. The van der Waals surface area contributed by atoms with Crippen LogP contribution in [0.15, 0.2) is 51.8 Å². The summed E-state index contributed by atoms with van der Waals surface area (Å²) in [6.07, 6.45) is -1.17. The fourth-order valence-corrected chi connectivity index (χ4v) is 2.73. The standard InChI is InChI=1S/C14H11BrF2OS/c15-9-4-6-10(7-5-9)19-8-13(18)14-11(16)2-1-3-12(14)17/h1-7,13,18H,8H2. The van der Waals surface area contributed by atoms with Gasteiger partial charge < -0.3 is 5.11 Å². The topological polar surface area (TPSA) is 20.2 Å². The number of hydrogen-bond donors (Lipinski definition) is 1. The predicted octanol–water partition coefficient (Wildman–Crippen LogP) is 4.55. The summed E-state index contributed by atoms with van der Waals surface area (Å²) in [4.78, 5) is 0.930. The second-order valence-corrected chi connectivity index (χ2v) is 5.93. The van der Waals surface area contributed by atoms with Gasteiger partial charge in [0.05, 0.1) is 11.7 Å². The lowest BCUT2D eigenvalue weighted by Gasteiger charge is -2.12. The third-order valence-corrected chi connectivity index (χ3v) is 4.17. The van der Waals surface area contributed by atoms with Crippen molar-refractivity contribution in [2.24, 2.45) is 0 Å². The van der Waals surface area contributed by atoms with Crippen molar-refractivity contribution in [3.05, 3.63) is 64.1 Å². The monoisotopic (exact) mass is 344 g/mol. The molecule has 0 fully saturated rings. The van der Waals surface area contributed by atoms with Gasteiger partial charge in [-0.1, -0.05) is 22.0 Å². The second-order valence-electron chi connectivity index (χ2n) is 3.92. The van der Waals surface area contributed by atoms with E-state index in [9.17, 15) is 13.9 Å². The Morgan fingerprint density at radius 2 is 1.63 bits per heavy atom. The Hall–Kier alpha value is -0.910. The second kappa shape index (κ2) is 6.50. The summed E-state index contributed by atoms with van der Waals surface area (Å²) in [5, 5.41) is 9.89. The highest BCUT2D eigenvalue weighted by Gasteiger charge is 2.17. The minimum atomic E-state index is -1.17. The van der Waals surface area contributed by atoms with Crippen LogP contribution in [0.3, 0.4) is 0 Å². The molecule has 0 saturated carbocycles. The van der Waals surface area contributed by atoms with E-state index in [0.29, 0.717) is 0 Å². The smallest absolute Gasteiger partial charge is 0.131 e. The van der Waals surface area contributed by atoms with E-state index in [2.05, 4.69) is 15.9 Å². The number of halogens is 3. The molecule has 1 nitrogen and oxygen atoms in total. The third-order valence-electron chi connectivity index (χ3n) is 2.55. The molecule has 0 aromatic heterocycles. The largest absolute Gasteiger partial charge is 0.387 e. The number of thioether (sulfide) groups is 1. The zero-order valence-corrected chi connectivity index (χ0v) is 12.2. The molecule has 1 N–H and O–H groups in total. The highest BCUT2D eigenvalue weighted by molar-refractivity contribution is 9.10. The lowest BCUT2D eigenvalue weighted by molar-refractivity contribution is 0.193. The molecule has 2 aromatic rings. The molecule has 0 bridgehead atoms. The van der Waals surface area contributed by atoms with Crippen molar-refractivity contribution in [1.29, 1.82) is 0 Å². The molecule has 1 atom stereocenters. The maximum atomic E-state index is 13.5.